The monoisotopic (exact) mass is 237 g/mol. The van der Waals surface area contributed by atoms with Gasteiger partial charge in [-0.1, -0.05) is 6.07 Å². The van der Waals surface area contributed by atoms with E-state index < -0.39 is 11.6 Å². The van der Waals surface area contributed by atoms with Crippen molar-refractivity contribution >= 4 is 0 Å². The summed E-state index contributed by atoms with van der Waals surface area (Å²) >= 11 is 0. The molecule has 0 radical (unpaired) electrons. The minimum Gasteiger partial charge on any atom is -0.468 e. The minimum absolute atomic E-state index is 0.0739. The molecular formula is C13H13F2NO. The SMILES string of the molecule is CC(NCc1ccco1)c1ccc(F)c(F)c1. The van der Waals surface area contributed by atoms with Gasteiger partial charge in [0.1, 0.15) is 5.76 Å². The topological polar surface area (TPSA) is 25.2 Å². The smallest absolute Gasteiger partial charge is 0.159 e. The molecule has 0 amide bonds. The highest BCUT2D eigenvalue weighted by Crippen LogP contribution is 2.16. The Morgan fingerprint density at radius 3 is 2.71 bits per heavy atom. The summed E-state index contributed by atoms with van der Waals surface area (Å²) in [7, 11) is 0. The van der Waals surface area contributed by atoms with E-state index in [0.717, 1.165) is 11.8 Å². The maximum absolute atomic E-state index is 13.0. The van der Waals surface area contributed by atoms with E-state index in [1.165, 1.54) is 6.07 Å². The van der Waals surface area contributed by atoms with Gasteiger partial charge in [0.05, 0.1) is 12.8 Å². The second kappa shape index (κ2) is 5.10. The Morgan fingerprint density at radius 1 is 1.24 bits per heavy atom. The van der Waals surface area contributed by atoms with Crippen LogP contribution in [0.2, 0.25) is 0 Å². The van der Waals surface area contributed by atoms with E-state index in [1.807, 2.05) is 13.0 Å². The van der Waals surface area contributed by atoms with Gasteiger partial charge in [0.25, 0.3) is 0 Å². The molecule has 1 heterocycles. The zero-order chi connectivity index (χ0) is 12.3. The van der Waals surface area contributed by atoms with Crippen LogP contribution in [0.4, 0.5) is 8.78 Å². The largest absolute Gasteiger partial charge is 0.468 e. The molecule has 1 aromatic heterocycles. The van der Waals surface area contributed by atoms with Crippen LogP contribution < -0.4 is 5.32 Å². The number of hydrogen-bond acceptors (Lipinski definition) is 2. The molecule has 1 atom stereocenters. The molecule has 0 saturated carbocycles. The Labute approximate surface area is 98.3 Å². The first-order valence-corrected chi connectivity index (χ1v) is 5.37. The van der Waals surface area contributed by atoms with Crippen molar-refractivity contribution in [1.29, 1.82) is 0 Å². The lowest BCUT2D eigenvalue weighted by Gasteiger charge is -2.13. The van der Waals surface area contributed by atoms with Crippen LogP contribution in [0, 0.1) is 11.6 Å². The van der Waals surface area contributed by atoms with Gasteiger partial charge >= 0.3 is 0 Å². The molecule has 2 aromatic rings. The number of furan rings is 1. The van der Waals surface area contributed by atoms with Crippen LogP contribution in [0.1, 0.15) is 24.3 Å². The van der Waals surface area contributed by atoms with Crippen LogP contribution in [-0.4, -0.2) is 0 Å². The Morgan fingerprint density at radius 2 is 2.06 bits per heavy atom. The van der Waals surface area contributed by atoms with E-state index in [0.29, 0.717) is 12.1 Å². The van der Waals surface area contributed by atoms with Crippen molar-refractivity contribution in [3.8, 4) is 0 Å². The fraction of sp³-hybridized carbons (Fsp3) is 0.231. The third kappa shape index (κ3) is 2.91. The Balaban J connectivity index is 1.99. The highest BCUT2D eigenvalue weighted by atomic mass is 19.2. The molecule has 0 spiro atoms. The predicted octanol–water partition coefficient (Wildman–Crippen LogP) is 3.41. The third-order valence-electron chi connectivity index (χ3n) is 2.61. The average Bonchev–Trinajstić information content (AvgIpc) is 2.82. The second-order valence-electron chi connectivity index (χ2n) is 3.86. The first kappa shape index (κ1) is 11.8. The Kier molecular flexibility index (Phi) is 3.54. The standard InChI is InChI=1S/C13H13F2NO/c1-9(16-8-11-3-2-6-17-11)10-4-5-12(14)13(15)7-10/h2-7,9,16H,8H2,1H3. The number of halogens is 2. The van der Waals surface area contributed by atoms with Crippen molar-refractivity contribution in [2.24, 2.45) is 0 Å². The molecule has 17 heavy (non-hydrogen) atoms. The third-order valence-corrected chi connectivity index (χ3v) is 2.61. The van der Waals surface area contributed by atoms with Gasteiger partial charge in [-0.25, -0.2) is 8.78 Å². The van der Waals surface area contributed by atoms with Gasteiger partial charge in [0.15, 0.2) is 11.6 Å². The number of nitrogens with one attached hydrogen (secondary N) is 1. The van der Waals surface area contributed by atoms with Gasteiger partial charge < -0.3 is 9.73 Å². The van der Waals surface area contributed by atoms with E-state index >= 15 is 0 Å². The molecule has 0 fully saturated rings. The molecule has 0 aliphatic heterocycles. The van der Waals surface area contributed by atoms with Crippen LogP contribution >= 0.6 is 0 Å². The molecule has 90 valence electrons. The Hall–Kier alpha value is -1.68. The Bertz CT molecular complexity index is 482. The van der Waals surface area contributed by atoms with E-state index in [1.54, 1.807) is 18.4 Å². The van der Waals surface area contributed by atoms with E-state index in [4.69, 9.17) is 4.42 Å². The lowest BCUT2D eigenvalue weighted by molar-refractivity contribution is 0.457. The van der Waals surface area contributed by atoms with Gasteiger partial charge in [-0.15, -0.1) is 0 Å². The molecule has 0 aliphatic rings. The van der Waals surface area contributed by atoms with Crippen molar-refractivity contribution in [2.45, 2.75) is 19.5 Å². The average molecular weight is 237 g/mol. The van der Waals surface area contributed by atoms with E-state index in [-0.39, 0.29) is 6.04 Å². The fourth-order valence-corrected chi connectivity index (χ4v) is 1.57. The predicted molar refractivity (Wildman–Crippen MR) is 60.3 cm³/mol. The van der Waals surface area contributed by atoms with Gasteiger partial charge in [-0.3, -0.25) is 0 Å². The molecule has 2 rings (SSSR count). The first-order chi connectivity index (χ1) is 8.16. The molecule has 0 bridgehead atoms. The maximum atomic E-state index is 13.0. The highest BCUT2D eigenvalue weighted by Gasteiger charge is 2.09. The lowest BCUT2D eigenvalue weighted by Crippen LogP contribution is -2.17. The molecule has 0 aliphatic carbocycles. The molecule has 4 heteroatoms. The van der Waals surface area contributed by atoms with Crippen LogP contribution in [0.5, 0.6) is 0 Å². The normalized spacial score (nSPS) is 12.6. The molecule has 1 unspecified atom stereocenters. The quantitative estimate of drug-likeness (QED) is 0.881. The minimum atomic E-state index is -0.827. The van der Waals surface area contributed by atoms with Crippen molar-refractivity contribution in [3.63, 3.8) is 0 Å². The number of hydrogen-bond donors (Lipinski definition) is 1. The number of rotatable bonds is 4. The van der Waals surface area contributed by atoms with Gasteiger partial charge in [0.2, 0.25) is 0 Å². The summed E-state index contributed by atoms with van der Waals surface area (Å²) in [5.41, 5.74) is 0.704. The van der Waals surface area contributed by atoms with E-state index in [9.17, 15) is 8.78 Å². The van der Waals surface area contributed by atoms with Crippen molar-refractivity contribution in [2.75, 3.05) is 0 Å². The molecule has 0 saturated heterocycles. The summed E-state index contributed by atoms with van der Waals surface area (Å²) < 4.78 is 31.0. The lowest BCUT2D eigenvalue weighted by atomic mass is 10.1. The van der Waals surface area contributed by atoms with Gasteiger partial charge in [-0.2, -0.15) is 0 Å². The second-order valence-corrected chi connectivity index (χ2v) is 3.86. The van der Waals surface area contributed by atoms with Gasteiger partial charge in [-0.05, 0) is 36.8 Å². The summed E-state index contributed by atoms with van der Waals surface area (Å²) in [5, 5.41) is 3.17. The van der Waals surface area contributed by atoms with Crippen molar-refractivity contribution in [1.82, 2.24) is 5.32 Å². The summed E-state index contributed by atoms with van der Waals surface area (Å²) in [5.74, 6) is -0.847. The highest BCUT2D eigenvalue weighted by molar-refractivity contribution is 5.20. The first-order valence-electron chi connectivity index (χ1n) is 5.37. The van der Waals surface area contributed by atoms with Crippen LogP contribution in [0.15, 0.2) is 41.0 Å². The molecule has 1 N–H and O–H groups in total. The summed E-state index contributed by atoms with van der Waals surface area (Å²) in [6, 6.07) is 7.49. The van der Waals surface area contributed by atoms with Crippen LogP contribution in [-0.2, 0) is 6.54 Å². The maximum Gasteiger partial charge on any atom is 0.159 e. The summed E-state index contributed by atoms with van der Waals surface area (Å²) in [6.07, 6.45) is 1.60. The van der Waals surface area contributed by atoms with Crippen molar-refractivity contribution in [3.05, 3.63) is 59.6 Å². The summed E-state index contributed by atoms with van der Waals surface area (Å²) in [4.78, 5) is 0. The zero-order valence-corrected chi connectivity index (χ0v) is 9.41. The van der Waals surface area contributed by atoms with E-state index in [2.05, 4.69) is 5.32 Å². The molecule has 1 aromatic carbocycles. The summed E-state index contributed by atoms with van der Waals surface area (Å²) in [6.45, 7) is 2.43. The van der Waals surface area contributed by atoms with Crippen molar-refractivity contribution < 1.29 is 13.2 Å². The molecule has 2 nitrogen and oxygen atoms in total. The van der Waals surface area contributed by atoms with Crippen LogP contribution in [0.3, 0.4) is 0 Å². The van der Waals surface area contributed by atoms with Gasteiger partial charge in [0, 0.05) is 6.04 Å². The fourth-order valence-electron chi connectivity index (χ4n) is 1.57. The molecular weight excluding hydrogens is 224 g/mol. The van der Waals surface area contributed by atoms with Crippen LogP contribution in [0.25, 0.3) is 0 Å². The number of benzene rings is 1. The zero-order valence-electron chi connectivity index (χ0n) is 9.41.